The van der Waals surface area contributed by atoms with E-state index < -0.39 is 10.0 Å². The summed E-state index contributed by atoms with van der Waals surface area (Å²) >= 11 is 1.12. The number of carbonyl (C=O) groups excluding carboxylic acids is 1. The summed E-state index contributed by atoms with van der Waals surface area (Å²) in [4.78, 5) is 12.9. The van der Waals surface area contributed by atoms with E-state index in [0.717, 1.165) is 24.2 Å². The fourth-order valence-corrected chi connectivity index (χ4v) is 5.26. The highest BCUT2D eigenvalue weighted by Gasteiger charge is 2.28. The lowest BCUT2D eigenvalue weighted by Gasteiger charge is -2.13. The second-order valence-electron chi connectivity index (χ2n) is 5.41. The quantitative estimate of drug-likeness (QED) is 0.883. The zero-order valence-electron chi connectivity index (χ0n) is 13.2. The molecule has 2 heterocycles. The molecule has 1 saturated heterocycles. The molecule has 1 aliphatic heterocycles. The van der Waals surface area contributed by atoms with E-state index >= 15 is 0 Å². The lowest BCUT2D eigenvalue weighted by atomic mass is 10.3. The van der Waals surface area contributed by atoms with Crippen molar-refractivity contribution in [3.05, 3.63) is 40.6 Å². The zero-order chi connectivity index (χ0) is 17.2. The van der Waals surface area contributed by atoms with Gasteiger partial charge in [0.15, 0.2) is 0 Å². The van der Waals surface area contributed by atoms with E-state index in [1.807, 2.05) is 0 Å². The van der Waals surface area contributed by atoms with Gasteiger partial charge in [0, 0.05) is 18.5 Å². The molecule has 3 rings (SSSR count). The molecule has 0 spiro atoms. The van der Waals surface area contributed by atoms with Crippen LogP contribution in [0.2, 0.25) is 0 Å². The van der Waals surface area contributed by atoms with Gasteiger partial charge in [-0.3, -0.25) is 4.79 Å². The first-order chi connectivity index (χ1) is 11.5. The van der Waals surface area contributed by atoms with E-state index in [0.29, 0.717) is 29.4 Å². The third kappa shape index (κ3) is 3.31. The first-order valence-electron chi connectivity index (χ1n) is 7.55. The Balaban J connectivity index is 1.79. The monoisotopic (exact) mass is 366 g/mol. The third-order valence-corrected chi connectivity index (χ3v) is 6.81. The van der Waals surface area contributed by atoms with Crippen LogP contribution in [0, 0.1) is 0 Å². The molecule has 0 unspecified atom stereocenters. The summed E-state index contributed by atoms with van der Waals surface area (Å²) in [7, 11) is -1.97. The Bertz CT molecular complexity index is 839. The van der Waals surface area contributed by atoms with Gasteiger partial charge in [-0.25, -0.2) is 8.42 Å². The van der Waals surface area contributed by atoms with Gasteiger partial charge in [-0.05, 0) is 31.0 Å². The van der Waals surface area contributed by atoms with Gasteiger partial charge in [0.25, 0.3) is 5.91 Å². The van der Waals surface area contributed by atoms with Gasteiger partial charge in [-0.2, -0.15) is 4.31 Å². The number of anilines is 1. The maximum absolute atomic E-state index is 12.5. The molecule has 1 aromatic carbocycles. The number of thiophene rings is 1. The highest BCUT2D eigenvalue weighted by molar-refractivity contribution is 7.89. The van der Waals surface area contributed by atoms with Crippen LogP contribution >= 0.6 is 11.3 Å². The summed E-state index contributed by atoms with van der Waals surface area (Å²) in [6.45, 7) is 1.09. The molecule has 1 aromatic heterocycles. The summed E-state index contributed by atoms with van der Waals surface area (Å²) in [6.07, 6.45) is 1.76. The average molecular weight is 366 g/mol. The normalized spacial score (nSPS) is 15.4. The lowest BCUT2D eigenvalue weighted by molar-refractivity contribution is 0.103. The Morgan fingerprint density at radius 3 is 2.67 bits per heavy atom. The number of ether oxygens (including phenoxy) is 1. The number of amides is 1. The zero-order valence-corrected chi connectivity index (χ0v) is 14.8. The Morgan fingerprint density at radius 2 is 1.96 bits per heavy atom. The molecular weight excluding hydrogens is 348 g/mol. The van der Waals surface area contributed by atoms with Gasteiger partial charge in [0.05, 0.1) is 22.6 Å². The van der Waals surface area contributed by atoms with Gasteiger partial charge in [-0.1, -0.05) is 12.1 Å². The van der Waals surface area contributed by atoms with Gasteiger partial charge in [-0.15, -0.1) is 11.3 Å². The van der Waals surface area contributed by atoms with E-state index in [2.05, 4.69) is 5.32 Å². The summed E-state index contributed by atoms with van der Waals surface area (Å²) in [5, 5.41) is 4.27. The number of para-hydroxylation sites is 2. The molecule has 0 aliphatic carbocycles. The second kappa shape index (κ2) is 6.92. The molecule has 0 radical (unpaired) electrons. The largest absolute Gasteiger partial charge is 0.495 e. The Labute approximate surface area is 145 Å². The van der Waals surface area contributed by atoms with Crippen LogP contribution in [0.5, 0.6) is 5.75 Å². The van der Waals surface area contributed by atoms with Crippen LogP contribution in [-0.4, -0.2) is 38.8 Å². The van der Waals surface area contributed by atoms with Gasteiger partial charge < -0.3 is 10.1 Å². The maximum Gasteiger partial charge on any atom is 0.265 e. The number of hydrogen-bond donors (Lipinski definition) is 1. The summed E-state index contributed by atoms with van der Waals surface area (Å²) in [5.74, 6) is 0.194. The molecule has 1 fully saturated rings. The molecule has 0 atom stereocenters. The van der Waals surface area contributed by atoms with Gasteiger partial charge in [0.1, 0.15) is 5.75 Å². The van der Waals surface area contributed by atoms with Crippen molar-refractivity contribution in [2.45, 2.75) is 17.7 Å². The number of hydrogen-bond acceptors (Lipinski definition) is 5. The summed E-state index contributed by atoms with van der Waals surface area (Å²) < 4.78 is 31.7. The minimum Gasteiger partial charge on any atom is -0.495 e. The van der Waals surface area contributed by atoms with Crippen LogP contribution in [0.3, 0.4) is 0 Å². The highest BCUT2D eigenvalue weighted by Crippen LogP contribution is 2.28. The Morgan fingerprint density at radius 1 is 1.25 bits per heavy atom. The molecule has 1 amide bonds. The minimum atomic E-state index is -3.50. The van der Waals surface area contributed by atoms with Crippen molar-refractivity contribution in [2.24, 2.45) is 0 Å². The minimum absolute atomic E-state index is 0.180. The standard InChI is InChI=1S/C16H18N2O4S2/c1-22-14-7-3-2-6-13(14)17-16(19)15-10-12(11-23-15)24(20,21)18-8-4-5-9-18/h2-3,6-7,10-11H,4-5,8-9H2,1H3,(H,17,19). The molecule has 0 bridgehead atoms. The number of benzene rings is 1. The van der Waals surface area contributed by atoms with Crippen LogP contribution in [0.1, 0.15) is 22.5 Å². The summed E-state index contributed by atoms with van der Waals surface area (Å²) in [5.41, 5.74) is 0.544. The average Bonchev–Trinajstić information content (AvgIpc) is 3.27. The van der Waals surface area contributed by atoms with Crippen LogP contribution in [0.4, 0.5) is 5.69 Å². The Hall–Kier alpha value is -1.90. The number of methoxy groups -OCH3 is 1. The van der Waals surface area contributed by atoms with Crippen molar-refractivity contribution in [3.8, 4) is 5.75 Å². The predicted molar refractivity (Wildman–Crippen MR) is 93.3 cm³/mol. The molecule has 6 nitrogen and oxygen atoms in total. The maximum atomic E-state index is 12.5. The van der Waals surface area contributed by atoms with Crippen molar-refractivity contribution in [3.63, 3.8) is 0 Å². The van der Waals surface area contributed by atoms with E-state index in [9.17, 15) is 13.2 Å². The number of nitrogens with one attached hydrogen (secondary N) is 1. The first kappa shape index (κ1) is 16.9. The number of nitrogens with zero attached hydrogens (tertiary/aromatic N) is 1. The lowest BCUT2D eigenvalue weighted by Crippen LogP contribution is -2.27. The second-order valence-corrected chi connectivity index (χ2v) is 8.26. The van der Waals surface area contributed by atoms with Crippen molar-refractivity contribution in [2.75, 3.05) is 25.5 Å². The van der Waals surface area contributed by atoms with Crippen molar-refractivity contribution in [1.29, 1.82) is 0 Å². The molecule has 2 aromatic rings. The Kier molecular flexibility index (Phi) is 4.88. The topological polar surface area (TPSA) is 75.7 Å². The molecule has 1 aliphatic rings. The van der Waals surface area contributed by atoms with Crippen molar-refractivity contribution < 1.29 is 17.9 Å². The van der Waals surface area contributed by atoms with Crippen LogP contribution in [0.25, 0.3) is 0 Å². The van der Waals surface area contributed by atoms with Crippen LogP contribution in [0.15, 0.2) is 40.6 Å². The molecule has 8 heteroatoms. The van der Waals surface area contributed by atoms with Crippen LogP contribution < -0.4 is 10.1 Å². The van der Waals surface area contributed by atoms with E-state index in [1.165, 1.54) is 22.9 Å². The van der Waals surface area contributed by atoms with Crippen LogP contribution in [-0.2, 0) is 10.0 Å². The van der Waals surface area contributed by atoms with Crippen molar-refractivity contribution in [1.82, 2.24) is 4.31 Å². The molecule has 24 heavy (non-hydrogen) atoms. The number of carbonyl (C=O) groups is 1. The molecule has 0 saturated carbocycles. The molecule has 128 valence electrons. The number of rotatable bonds is 5. The predicted octanol–water partition coefficient (Wildman–Crippen LogP) is 2.79. The fourth-order valence-electron chi connectivity index (χ4n) is 2.58. The number of sulfonamides is 1. The molecular formula is C16H18N2O4S2. The van der Waals surface area contributed by atoms with E-state index in [-0.39, 0.29) is 10.8 Å². The van der Waals surface area contributed by atoms with E-state index in [4.69, 9.17) is 4.74 Å². The molecule has 1 N–H and O–H groups in total. The highest BCUT2D eigenvalue weighted by atomic mass is 32.2. The fraction of sp³-hybridized carbons (Fsp3) is 0.312. The third-order valence-electron chi connectivity index (χ3n) is 3.86. The SMILES string of the molecule is COc1ccccc1NC(=O)c1cc(S(=O)(=O)N2CCCC2)cs1. The van der Waals surface area contributed by atoms with E-state index in [1.54, 1.807) is 24.3 Å². The van der Waals surface area contributed by atoms with Crippen molar-refractivity contribution >= 4 is 33.0 Å². The van der Waals surface area contributed by atoms with Gasteiger partial charge >= 0.3 is 0 Å². The first-order valence-corrected chi connectivity index (χ1v) is 9.87. The van der Waals surface area contributed by atoms with Gasteiger partial charge in [0.2, 0.25) is 10.0 Å². The summed E-state index contributed by atoms with van der Waals surface area (Å²) in [6, 6.07) is 8.50. The smallest absolute Gasteiger partial charge is 0.265 e.